The number of unbranched alkanes of at least 4 members (excludes halogenated alkanes) is 26. The molecule has 0 fully saturated rings. The van der Waals surface area contributed by atoms with Crippen molar-refractivity contribution in [2.75, 3.05) is 6.61 Å². The summed E-state index contributed by atoms with van der Waals surface area (Å²) in [6, 6.07) is 0. The van der Waals surface area contributed by atoms with Crippen LogP contribution in [-0.2, 0) is 9.59 Å². The lowest BCUT2D eigenvalue weighted by Crippen LogP contribution is -2.48. The molecule has 0 spiro atoms. The van der Waals surface area contributed by atoms with Gasteiger partial charge in [0.25, 0.3) is 0 Å². The number of carbonyl (C=O) groups excluding carboxylic acids is 1. The van der Waals surface area contributed by atoms with E-state index in [2.05, 4.69) is 13.8 Å². The van der Waals surface area contributed by atoms with Crippen molar-refractivity contribution in [1.82, 2.24) is 0 Å². The maximum atomic E-state index is 13.0. The first-order valence-electron chi connectivity index (χ1n) is 18.5. The molecule has 3 N–H and O–H groups in total. The van der Waals surface area contributed by atoms with Crippen LogP contribution in [0.4, 0.5) is 0 Å². The summed E-state index contributed by atoms with van der Waals surface area (Å²) in [4.78, 5) is 24.8. The van der Waals surface area contributed by atoms with E-state index in [1.54, 1.807) is 0 Å². The van der Waals surface area contributed by atoms with E-state index in [-0.39, 0.29) is 12.8 Å². The standard InChI is InChI=1S/C37H72O5/c1-3-5-7-9-11-13-15-17-19-21-23-25-27-29-31-34(36(40)41)35(39)37(42,33-38)32-30-28-26-24-22-20-18-16-14-12-10-8-6-4-2/h34,38,42H,3-33H2,1-2H3,(H,40,41). The lowest BCUT2D eigenvalue weighted by atomic mass is 9.82. The Morgan fingerprint density at radius 3 is 1.07 bits per heavy atom. The summed E-state index contributed by atoms with van der Waals surface area (Å²) in [5, 5.41) is 30.4. The van der Waals surface area contributed by atoms with Gasteiger partial charge in [-0.15, -0.1) is 0 Å². The number of Topliss-reactive ketones (excluding diaryl/α,β-unsaturated/α-hetero) is 1. The molecule has 0 aliphatic heterocycles. The van der Waals surface area contributed by atoms with Gasteiger partial charge in [-0.25, -0.2) is 0 Å². The topological polar surface area (TPSA) is 94.8 Å². The molecular weight excluding hydrogens is 524 g/mol. The van der Waals surface area contributed by atoms with Gasteiger partial charge < -0.3 is 15.3 Å². The Hall–Kier alpha value is -0.940. The molecule has 5 nitrogen and oxygen atoms in total. The summed E-state index contributed by atoms with van der Waals surface area (Å²) >= 11 is 0. The minimum Gasteiger partial charge on any atom is -0.481 e. The molecule has 0 saturated heterocycles. The Balaban J connectivity index is 3.96. The second kappa shape index (κ2) is 30.1. The first-order valence-corrected chi connectivity index (χ1v) is 18.5. The maximum absolute atomic E-state index is 13.0. The molecule has 250 valence electrons. The Morgan fingerprint density at radius 2 is 0.786 bits per heavy atom. The minimum atomic E-state index is -1.93. The Labute approximate surface area is 261 Å². The number of hydrogen-bond donors (Lipinski definition) is 3. The Bertz CT molecular complexity index is 607. The van der Waals surface area contributed by atoms with Gasteiger partial charge in [-0.1, -0.05) is 194 Å². The molecule has 0 saturated carbocycles. The molecule has 0 heterocycles. The number of rotatable bonds is 34. The molecular formula is C37H72O5. The van der Waals surface area contributed by atoms with Crippen molar-refractivity contribution in [3.05, 3.63) is 0 Å². The highest BCUT2D eigenvalue weighted by atomic mass is 16.4. The van der Waals surface area contributed by atoms with Gasteiger partial charge >= 0.3 is 5.97 Å². The fourth-order valence-electron chi connectivity index (χ4n) is 6.13. The van der Waals surface area contributed by atoms with Crippen molar-refractivity contribution in [3.8, 4) is 0 Å². The van der Waals surface area contributed by atoms with Crippen LogP contribution in [0.2, 0.25) is 0 Å². The van der Waals surface area contributed by atoms with Crippen LogP contribution in [0.25, 0.3) is 0 Å². The zero-order valence-corrected chi connectivity index (χ0v) is 28.2. The average molecular weight is 597 g/mol. The second-order valence-electron chi connectivity index (χ2n) is 13.2. The van der Waals surface area contributed by atoms with Crippen LogP contribution in [0.15, 0.2) is 0 Å². The third-order valence-electron chi connectivity index (χ3n) is 9.13. The predicted octanol–water partition coefficient (Wildman–Crippen LogP) is 10.7. The third-order valence-corrected chi connectivity index (χ3v) is 9.13. The van der Waals surface area contributed by atoms with Crippen LogP contribution in [0.1, 0.15) is 206 Å². The van der Waals surface area contributed by atoms with Crippen molar-refractivity contribution < 1.29 is 24.9 Å². The number of aliphatic hydroxyl groups is 2. The summed E-state index contributed by atoms with van der Waals surface area (Å²) < 4.78 is 0. The van der Waals surface area contributed by atoms with Crippen molar-refractivity contribution in [2.24, 2.45) is 5.92 Å². The van der Waals surface area contributed by atoms with Gasteiger partial charge in [-0.05, 0) is 12.8 Å². The van der Waals surface area contributed by atoms with Gasteiger partial charge in [0.15, 0.2) is 5.78 Å². The van der Waals surface area contributed by atoms with Crippen LogP contribution in [0.5, 0.6) is 0 Å². The van der Waals surface area contributed by atoms with Crippen molar-refractivity contribution in [2.45, 2.75) is 212 Å². The number of aliphatic hydroxyl groups excluding tert-OH is 1. The van der Waals surface area contributed by atoms with E-state index >= 15 is 0 Å². The summed E-state index contributed by atoms with van der Waals surface area (Å²) in [6.45, 7) is 3.81. The molecule has 0 amide bonds. The lowest BCUT2D eigenvalue weighted by Gasteiger charge is -2.27. The van der Waals surface area contributed by atoms with Crippen LogP contribution in [0.3, 0.4) is 0 Å². The van der Waals surface area contributed by atoms with E-state index in [4.69, 9.17) is 0 Å². The van der Waals surface area contributed by atoms with E-state index in [9.17, 15) is 24.9 Å². The van der Waals surface area contributed by atoms with Crippen molar-refractivity contribution in [3.63, 3.8) is 0 Å². The van der Waals surface area contributed by atoms with Gasteiger partial charge in [0.05, 0.1) is 6.61 Å². The minimum absolute atomic E-state index is 0.142. The summed E-state index contributed by atoms with van der Waals surface area (Å²) in [7, 11) is 0. The fourth-order valence-corrected chi connectivity index (χ4v) is 6.13. The molecule has 42 heavy (non-hydrogen) atoms. The number of carbonyl (C=O) groups is 2. The van der Waals surface area contributed by atoms with Gasteiger partial charge in [0.2, 0.25) is 0 Å². The molecule has 2 atom stereocenters. The first kappa shape index (κ1) is 41.1. The Morgan fingerprint density at radius 1 is 0.500 bits per heavy atom. The molecule has 0 aromatic carbocycles. The predicted molar refractivity (Wildman–Crippen MR) is 178 cm³/mol. The van der Waals surface area contributed by atoms with Crippen LogP contribution >= 0.6 is 0 Å². The van der Waals surface area contributed by atoms with Gasteiger partial charge in [0.1, 0.15) is 11.5 Å². The average Bonchev–Trinajstić information content (AvgIpc) is 2.98. The molecule has 0 radical (unpaired) electrons. The van der Waals surface area contributed by atoms with Crippen LogP contribution < -0.4 is 0 Å². The monoisotopic (exact) mass is 597 g/mol. The fraction of sp³-hybridized carbons (Fsp3) is 0.946. The zero-order chi connectivity index (χ0) is 31.2. The largest absolute Gasteiger partial charge is 0.481 e. The summed E-state index contributed by atoms with van der Waals surface area (Å²) in [6.07, 6.45) is 34.5. The van der Waals surface area contributed by atoms with Crippen LogP contribution in [-0.4, -0.2) is 39.3 Å². The van der Waals surface area contributed by atoms with Gasteiger partial charge in [0, 0.05) is 0 Å². The molecule has 0 aromatic rings. The second-order valence-corrected chi connectivity index (χ2v) is 13.2. The molecule has 0 aliphatic carbocycles. The first-order chi connectivity index (χ1) is 20.4. The molecule has 0 bridgehead atoms. The number of aliphatic carboxylic acids is 1. The maximum Gasteiger partial charge on any atom is 0.314 e. The highest BCUT2D eigenvalue weighted by molar-refractivity contribution is 6.02. The molecule has 5 heteroatoms. The van der Waals surface area contributed by atoms with Crippen molar-refractivity contribution in [1.29, 1.82) is 0 Å². The quantitative estimate of drug-likeness (QED) is 0.0507. The van der Waals surface area contributed by atoms with E-state index < -0.39 is 29.9 Å². The summed E-state index contributed by atoms with van der Waals surface area (Å²) in [5.41, 5.74) is -1.93. The number of carboxylic acids is 1. The number of ketones is 1. The van der Waals surface area contributed by atoms with E-state index in [1.807, 2.05) is 0 Å². The molecule has 0 aliphatic rings. The van der Waals surface area contributed by atoms with Crippen LogP contribution in [0, 0.1) is 5.92 Å². The Kier molecular flexibility index (Phi) is 29.4. The van der Waals surface area contributed by atoms with Gasteiger partial charge in [-0.3, -0.25) is 9.59 Å². The smallest absolute Gasteiger partial charge is 0.314 e. The molecule has 0 aromatic heterocycles. The third kappa shape index (κ3) is 23.5. The van der Waals surface area contributed by atoms with Gasteiger partial charge in [-0.2, -0.15) is 0 Å². The SMILES string of the molecule is CCCCCCCCCCCCCCCCC(C(=O)O)C(=O)C(O)(CO)CCCCCCCCCCCCCCCC. The summed E-state index contributed by atoms with van der Waals surface area (Å²) in [5.74, 6) is -3.12. The van der Waals surface area contributed by atoms with E-state index in [0.717, 1.165) is 38.5 Å². The zero-order valence-electron chi connectivity index (χ0n) is 28.2. The molecule has 2 unspecified atom stereocenters. The highest BCUT2D eigenvalue weighted by Gasteiger charge is 2.41. The van der Waals surface area contributed by atoms with Crippen molar-refractivity contribution >= 4 is 11.8 Å². The molecule has 0 rings (SSSR count). The number of hydrogen-bond acceptors (Lipinski definition) is 4. The number of carboxylic acid groups (broad SMARTS) is 1. The highest BCUT2D eigenvalue weighted by Crippen LogP contribution is 2.25. The van der Waals surface area contributed by atoms with E-state index in [0.29, 0.717) is 12.8 Å². The normalized spacial score (nSPS) is 13.7. The lowest BCUT2D eigenvalue weighted by molar-refractivity contribution is -0.157. The van der Waals surface area contributed by atoms with E-state index in [1.165, 1.54) is 128 Å².